The molecule has 0 aliphatic carbocycles. The van der Waals surface area contributed by atoms with Gasteiger partial charge < -0.3 is 0 Å². The van der Waals surface area contributed by atoms with Crippen LogP contribution >= 0.6 is 0 Å². The lowest BCUT2D eigenvalue weighted by Gasteiger charge is -2.02. The minimum Gasteiger partial charge on any atom is -0.280 e. The summed E-state index contributed by atoms with van der Waals surface area (Å²) in [7, 11) is 0. The molecule has 1 aromatic carbocycles. The SMILES string of the molecule is CCc1ccccc1N=Nc1c(C)nc2cccc(C)n12. The maximum absolute atomic E-state index is 4.54. The molecule has 0 atom stereocenters. The Bertz CT molecular complexity index is 815. The number of nitrogens with zero attached hydrogens (tertiary/aromatic N) is 4. The van der Waals surface area contributed by atoms with E-state index in [2.05, 4.69) is 28.2 Å². The molecule has 0 aliphatic rings. The van der Waals surface area contributed by atoms with E-state index in [1.54, 1.807) is 0 Å². The molecule has 2 heterocycles. The van der Waals surface area contributed by atoms with E-state index in [4.69, 9.17) is 0 Å². The molecule has 21 heavy (non-hydrogen) atoms. The Morgan fingerprint density at radius 1 is 1.00 bits per heavy atom. The van der Waals surface area contributed by atoms with Crippen LogP contribution in [0, 0.1) is 13.8 Å². The zero-order chi connectivity index (χ0) is 14.8. The number of hydrogen-bond donors (Lipinski definition) is 0. The summed E-state index contributed by atoms with van der Waals surface area (Å²) < 4.78 is 2.04. The quantitative estimate of drug-likeness (QED) is 0.626. The third kappa shape index (κ3) is 2.44. The van der Waals surface area contributed by atoms with Crippen LogP contribution in [0.5, 0.6) is 0 Å². The molecule has 0 saturated heterocycles. The fraction of sp³-hybridized carbons (Fsp3) is 0.235. The fourth-order valence-electron chi connectivity index (χ4n) is 2.48. The molecule has 3 aromatic rings. The van der Waals surface area contributed by atoms with Crippen LogP contribution in [-0.2, 0) is 6.42 Å². The summed E-state index contributed by atoms with van der Waals surface area (Å²) in [5.41, 5.74) is 5.02. The molecule has 0 unspecified atom stereocenters. The number of hydrogen-bond acceptors (Lipinski definition) is 3. The van der Waals surface area contributed by atoms with Crippen molar-refractivity contribution in [2.75, 3.05) is 0 Å². The van der Waals surface area contributed by atoms with Gasteiger partial charge in [-0.3, -0.25) is 4.40 Å². The largest absolute Gasteiger partial charge is 0.280 e. The summed E-state index contributed by atoms with van der Waals surface area (Å²) in [5.74, 6) is 0.800. The lowest BCUT2D eigenvalue weighted by molar-refractivity contribution is 1.03. The Hall–Kier alpha value is -2.49. The predicted molar refractivity (Wildman–Crippen MR) is 84.7 cm³/mol. The fourth-order valence-corrected chi connectivity index (χ4v) is 2.48. The Morgan fingerprint density at radius 3 is 2.62 bits per heavy atom. The Labute approximate surface area is 124 Å². The van der Waals surface area contributed by atoms with E-state index in [1.165, 1.54) is 5.56 Å². The monoisotopic (exact) mass is 278 g/mol. The molecule has 4 heteroatoms. The number of aryl methyl sites for hydroxylation is 3. The molecule has 0 radical (unpaired) electrons. The normalized spacial score (nSPS) is 11.6. The average Bonchev–Trinajstić information content (AvgIpc) is 2.82. The van der Waals surface area contributed by atoms with Gasteiger partial charge in [-0.05, 0) is 44.0 Å². The maximum atomic E-state index is 4.54. The number of fused-ring (bicyclic) bond motifs is 1. The van der Waals surface area contributed by atoms with E-state index in [1.807, 2.05) is 54.6 Å². The first-order valence-electron chi connectivity index (χ1n) is 7.15. The van der Waals surface area contributed by atoms with E-state index in [-0.39, 0.29) is 0 Å². The van der Waals surface area contributed by atoms with Gasteiger partial charge in [0.25, 0.3) is 0 Å². The standard InChI is InChI=1S/C17H18N4/c1-4-14-9-5-6-10-15(14)19-20-17-13(3)18-16-11-7-8-12(2)21(16)17/h5-11H,4H2,1-3H3. The molecular weight excluding hydrogens is 260 g/mol. The van der Waals surface area contributed by atoms with Crippen LogP contribution in [0.15, 0.2) is 52.7 Å². The lowest BCUT2D eigenvalue weighted by atomic mass is 10.1. The van der Waals surface area contributed by atoms with Gasteiger partial charge in [0.15, 0.2) is 5.82 Å². The van der Waals surface area contributed by atoms with Gasteiger partial charge in [-0.1, -0.05) is 31.2 Å². The minimum atomic E-state index is 0.800. The van der Waals surface area contributed by atoms with Crippen molar-refractivity contribution in [3.63, 3.8) is 0 Å². The molecule has 0 amide bonds. The van der Waals surface area contributed by atoms with Crippen LogP contribution in [0.25, 0.3) is 5.65 Å². The van der Waals surface area contributed by atoms with E-state index < -0.39 is 0 Å². The Morgan fingerprint density at radius 2 is 1.81 bits per heavy atom. The van der Waals surface area contributed by atoms with Gasteiger partial charge in [0.05, 0.1) is 11.4 Å². The molecule has 0 spiro atoms. The number of rotatable bonds is 3. The third-order valence-corrected chi connectivity index (χ3v) is 3.61. The predicted octanol–water partition coefficient (Wildman–Crippen LogP) is 4.93. The van der Waals surface area contributed by atoms with Crippen molar-refractivity contribution in [2.24, 2.45) is 10.2 Å². The van der Waals surface area contributed by atoms with Gasteiger partial charge in [-0.15, -0.1) is 10.2 Å². The van der Waals surface area contributed by atoms with Crippen LogP contribution in [0.4, 0.5) is 11.5 Å². The van der Waals surface area contributed by atoms with Crippen LogP contribution in [0.3, 0.4) is 0 Å². The second kappa shape index (κ2) is 5.48. The Kier molecular flexibility index (Phi) is 3.52. The number of pyridine rings is 1. The van der Waals surface area contributed by atoms with Crippen LogP contribution in [-0.4, -0.2) is 9.38 Å². The summed E-state index contributed by atoms with van der Waals surface area (Å²) in [6, 6.07) is 14.1. The Balaban J connectivity index is 2.09. The summed E-state index contributed by atoms with van der Waals surface area (Å²) in [6.45, 7) is 6.14. The highest BCUT2D eigenvalue weighted by atomic mass is 15.2. The van der Waals surface area contributed by atoms with Gasteiger partial charge >= 0.3 is 0 Å². The van der Waals surface area contributed by atoms with Crippen LogP contribution < -0.4 is 0 Å². The van der Waals surface area contributed by atoms with Gasteiger partial charge in [0.2, 0.25) is 0 Å². The van der Waals surface area contributed by atoms with Crippen molar-refractivity contribution >= 4 is 17.2 Å². The molecular formula is C17H18N4. The third-order valence-electron chi connectivity index (χ3n) is 3.61. The van der Waals surface area contributed by atoms with E-state index >= 15 is 0 Å². The summed E-state index contributed by atoms with van der Waals surface area (Å²) in [6.07, 6.45) is 0.945. The smallest absolute Gasteiger partial charge is 0.182 e. The molecule has 0 bridgehead atoms. The molecule has 0 aliphatic heterocycles. The second-order valence-corrected chi connectivity index (χ2v) is 5.06. The molecule has 0 N–H and O–H groups in total. The van der Waals surface area contributed by atoms with E-state index in [0.717, 1.165) is 35.0 Å². The van der Waals surface area contributed by atoms with E-state index in [0.29, 0.717) is 0 Å². The first-order valence-corrected chi connectivity index (χ1v) is 7.15. The molecule has 106 valence electrons. The zero-order valence-electron chi connectivity index (χ0n) is 12.5. The van der Waals surface area contributed by atoms with E-state index in [9.17, 15) is 0 Å². The topological polar surface area (TPSA) is 42.0 Å². The summed E-state index contributed by atoms with van der Waals surface area (Å²) in [4.78, 5) is 4.54. The van der Waals surface area contributed by atoms with Crippen LogP contribution in [0.2, 0.25) is 0 Å². The van der Waals surface area contributed by atoms with Gasteiger partial charge in [0, 0.05) is 5.69 Å². The van der Waals surface area contributed by atoms with Crippen molar-refractivity contribution < 1.29 is 0 Å². The summed E-state index contributed by atoms with van der Waals surface area (Å²) in [5, 5.41) is 8.89. The highest BCUT2D eigenvalue weighted by Gasteiger charge is 2.09. The molecule has 0 saturated carbocycles. The number of benzene rings is 1. The van der Waals surface area contributed by atoms with Gasteiger partial charge in [0.1, 0.15) is 5.65 Å². The second-order valence-electron chi connectivity index (χ2n) is 5.06. The van der Waals surface area contributed by atoms with Crippen molar-refractivity contribution in [1.29, 1.82) is 0 Å². The summed E-state index contributed by atoms with van der Waals surface area (Å²) >= 11 is 0. The number of azo groups is 1. The lowest BCUT2D eigenvalue weighted by Crippen LogP contribution is -1.89. The molecule has 3 rings (SSSR count). The number of imidazole rings is 1. The first-order chi connectivity index (χ1) is 10.2. The molecule has 0 fully saturated rings. The van der Waals surface area contributed by atoms with Crippen molar-refractivity contribution in [3.8, 4) is 0 Å². The van der Waals surface area contributed by atoms with Crippen molar-refractivity contribution in [3.05, 3.63) is 59.4 Å². The zero-order valence-corrected chi connectivity index (χ0v) is 12.5. The first kappa shape index (κ1) is 13.5. The van der Waals surface area contributed by atoms with Crippen molar-refractivity contribution in [2.45, 2.75) is 27.2 Å². The highest BCUT2D eigenvalue weighted by molar-refractivity contribution is 5.53. The van der Waals surface area contributed by atoms with Crippen molar-refractivity contribution in [1.82, 2.24) is 9.38 Å². The van der Waals surface area contributed by atoms with Gasteiger partial charge in [-0.25, -0.2) is 4.98 Å². The van der Waals surface area contributed by atoms with Gasteiger partial charge in [-0.2, -0.15) is 0 Å². The molecule has 2 aromatic heterocycles. The van der Waals surface area contributed by atoms with Crippen LogP contribution in [0.1, 0.15) is 23.9 Å². The number of aromatic nitrogens is 2. The average molecular weight is 278 g/mol. The maximum Gasteiger partial charge on any atom is 0.182 e. The highest BCUT2D eigenvalue weighted by Crippen LogP contribution is 2.26. The molecule has 4 nitrogen and oxygen atoms in total. The minimum absolute atomic E-state index is 0.800.